The number of hydrogen-bond acceptors (Lipinski definition) is 6. The average molecular weight is 630 g/mol. The van der Waals surface area contributed by atoms with E-state index >= 15 is 0 Å². The molecule has 0 aromatic heterocycles. The van der Waals surface area contributed by atoms with Crippen LogP contribution in [-0.2, 0) is 13.3 Å². The summed E-state index contributed by atoms with van der Waals surface area (Å²) in [5, 5.41) is 0. The minimum atomic E-state index is -2.76. The second-order valence-electron chi connectivity index (χ2n) is 12.4. The summed E-state index contributed by atoms with van der Waals surface area (Å²) in [6, 6.07) is 0.945. The molecule has 0 fully saturated rings. The van der Waals surface area contributed by atoms with E-state index in [1.807, 2.05) is 0 Å². The minimum absolute atomic E-state index is 0.698. The van der Waals surface area contributed by atoms with Crippen LogP contribution >= 0.6 is 0 Å². The Bertz CT molecular complexity index is 500. The van der Waals surface area contributed by atoms with Gasteiger partial charge in [0.25, 0.3) is 0 Å². The van der Waals surface area contributed by atoms with Crippen LogP contribution in [0, 0.1) is 0 Å². The molecule has 0 radical (unpaired) electrons. The molecule has 0 bridgehead atoms. The van der Waals surface area contributed by atoms with Gasteiger partial charge in [-0.05, 0) is 45.7 Å². The Kier molecular flexibility index (Phi) is 31.9. The van der Waals surface area contributed by atoms with E-state index in [0.29, 0.717) is 19.8 Å². The van der Waals surface area contributed by atoms with E-state index in [4.69, 9.17) is 13.3 Å². The average Bonchev–Trinajstić information content (AvgIpc) is 3.03. The fraction of sp³-hybridized carbons (Fsp3) is 1.00. The zero-order valence-corrected chi connectivity index (χ0v) is 31.6. The highest BCUT2D eigenvalue weighted by Crippen LogP contribution is 2.22. The Balaban J connectivity index is 4.67. The molecule has 6 nitrogen and oxygen atoms in total. The molecule has 0 atom stereocenters. The van der Waals surface area contributed by atoms with Crippen molar-refractivity contribution in [3.8, 4) is 0 Å². The summed E-state index contributed by atoms with van der Waals surface area (Å²) in [5.74, 6) is 0. The first-order valence-corrected chi connectivity index (χ1v) is 21.1. The standard InChI is InChI=1S/C36H79N3O3Si/c1-8-15-16-17-18-19-20-21-22-23-24-25-26-27-28-29-36-43(40-33-30-37(9-2)10-3,41-34-31-38(11-4)12-5)42-35-32-39(13-6)14-7/h8-36H2,1-7H3. The Morgan fingerprint density at radius 2 is 0.605 bits per heavy atom. The molecule has 0 amide bonds. The van der Waals surface area contributed by atoms with Gasteiger partial charge in [0.1, 0.15) is 0 Å². The Labute approximate surface area is 272 Å². The number of unbranched alkanes of at least 4 members (excludes halogenated alkanes) is 15. The highest BCUT2D eigenvalue weighted by atomic mass is 28.4. The van der Waals surface area contributed by atoms with Crippen LogP contribution < -0.4 is 0 Å². The maximum Gasteiger partial charge on any atom is 0.501 e. The number of nitrogens with zero attached hydrogens (tertiary/aromatic N) is 3. The second-order valence-corrected chi connectivity index (χ2v) is 15.1. The molecule has 0 spiro atoms. The summed E-state index contributed by atoms with van der Waals surface area (Å²) < 4.78 is 20.1. The van der Waals surface area contributed by atoms with Crippen LogP contribution in [0.5, 0.6) is 0 Å². The van der Waals surface area contributed by atoms with Crippen molar-refractivity contribution in [1.29, 1.82) is 0 Å². The van der Waals surface area contributed by atoms with E-state index in [9.17, 15) is 0 Å². The molecule has 0 saturated carbocycles. The van der Waals surface area contributed by atoms with Crippen LogP contribution in [0.4, 0.5) is 0 Å². The Morgan fingerprint density at radius 1 is 0.349 bits per heavy atom. The van der Waals surface area contributed by atoms with Crippen molar-refractivity contribution in [3.63, 3.8) is 0 Å². The topological polar surface area (TPSA) is 37.4 Å². The van der Waals surface area contributed by atoms with Crippen LogP contribution in [-0.4, -0.2) is 102 Å². The zero-order chi connectivity index (χ0) is 31.9. The van der Waals surface area contributed by atoms with E-state index in [-0.39, 0.29) is 0 Å². The van der Waals surface area contributed by atoms with Gasteiger partial charge in [0.05, 0.1) is 19.8 Å². The van der Waals surface area contributed by atoms with Crippen molar-refractivity contribution in [2.75, 3.05) is 78.7 Å². The lowest BCUT2D eigenvalue weighted by Crippen LogP contribution is -2.49. The summed E-state index contributed by atoms with van der Waals surface area (Å²) in [6.45, 7) is 26.9. The minimum Gasteiger partial charge on any atom is -0.372 e. The van der Waals surface area contributed by atoms with Crippen LogP contribution in [0.3, 0.4) is 0 Å². The van der Waals surface area contributed by atoms with E-state index in [0.717, 1.165) is 71.4 Å². The van der Waals surface area contributed by atoms with Gasteiger partial charge in [0.15, 0.2) is 0 Å². The van der Waals surface area contributed by atoms with Gasteiger partial charge >= 0.3 is 8.80 Å². The van der Waals surface area contributed by atoms with Crippen molar-refractivity contribution in [3.05, 3.63) is 0 Å². The zero-order valence-electron chi connectivity index (χ0n) is 30.6. The fourth-order valence-electron chi connectivity index (χ4n) is 5.84. The molecule has 43 heavy (non-hydrogen) atoms. The normalized spacial score (nSPS) is 12.4. The lowest BCUT2D eigenvalue weighted by atomic mass is 10.0. The smallest absolute Gasteiger partial charge is 0.372 e. The number of rotatable bonds is 35. The first-order valence-electron chi connectivity index (χ1n) is 19.1. The van der Waals surface area contributed by atoms with Crippen LogP contribution in [0.2, 0.25) is 6.04 Å². The SMILES string of the molecule is CCCCCCCCCCCCCCCCCC[Si](OCCN(CC)CC)(OCCN(CC)CC)OCCN(CC)CC. The molecule has 0 aliphatic carbocycles. The first-order chi connectivity index (χ1) is 21.0. The van der Waals surface area contributed by atoms with E-state index in [2.05, 4.69) is 63.2 Å². The van der Waals surface area contributed by atoms with Gasteiger partial charge in [0.2, 0.25) is 0 Å². The number of likely N-dealkylation sites (N-methyl/N-ethyl adjacent to an activating group) is 3. The van der Waals surface area contributed by atoms with Crippen molar-refractivity contribution < 1.29 is 13.3 Å². The molecule has 0 rings (SSSR count). The van der Waals surface area contributed by atoms with E-state index < -0.39 is 8.80 Å². The van der Waals surface area contributed by atoms with Crippen molar-refractivity contribution in [1.82, 2.24) is 14.7 Å². The summed E-state index contributed by atoms with van der Waals surface area (Å²) in [6.07, 6.45) is 22.2. The van der Waals surface area contributed by atoms with Gasteiger partial charge in [-0.1, -0.05) is 145 Å². The third kappa shape index (κ3) is 24.8. The van der Waals surface area contributed by atoms with Gasteiger partial charge in [-0.15, -0.1) is 0 Å². The molecule has 0 aromatic rings. The molecule has 0 unspecified atom stereocenters. The summed E-state index contributed by atoms with van der Waals surface area (Å²) in [5.41, 5.74) is 0. The fourth-order valence-corrected chi connectivity index (χ4v) is 8.41. The first kappa shape index (κ1) is 43.0. The Hall–Kier alpha value is -0.0231. The lowest BCUT2D eigenvalue weighted by Gasteiger charge is -2.32. The van der Waals surface area contributed by atoms with Crippen molar-refractivity contribution >= 4 is 8.80 Å². The maximum atomic E-state index is 6.70. The van der Waals surface area contributed by atoms with Gasteiger partial charge in [-0.2, -0.15) is 0 Å². The highest BCUT2D eigenvalue weighted by Gasteiger charge is 2.41. The van der Waals surface area contributed by atoms with Gasteiger partial charge in [-0.3, -0.25) is 0 Å². The van der Waals surface area contributed by atoms with Crippen LogP contribution in [0.15, 0.2) is 0 Å². The largest absolute Gasteiger partial charge is 0.501 e. The molecule has 0 N–H and O–H groups in total. The predicted octanol–water partition coefficient (Wildman–Crippen LogP) is 9.26. The molecule has 0 aliphatic rings. The lowest BCUT2D eigenvalue weighted by molar-refractivity contribution is 0.0399. The van der Waals surface area contributed by atoms with Crippen molar-refractivity contribution in [2.45, 2.75) is 157 Å². The quantitative estimate of drug-likeness (QED) is 0.0514. The second kappa shape index (κ2) is 31.9. The summed E-state index contributed by atoms with van der Waals surface area (Å²) >= 11 is 0. The van der Waals surface area contributed by atoms with E-state index in [1.54, 1.807) is 0 Å². The third-order valence-corrected chi connectivity index (χ3v) is 12.1. The van der Waals surface area contributed by atoms with Crippen LogP contribution in [0.1, 0.15) is 151 Å². The molecular formula is C36H79N3O3Si. The molecule has 7 heteroatoms. The van der Waals surface area contributed by atoms with Gasteiger partial charge in [0, 0.05) is 25.7 Å². The van der Waals surface area contributed by atoms with Crippen molar-refractivity contribution in [2.24, 2.45) is 0 Å². The third-order valence-electron chi connectivity index (χ3n) is 9.21. The molecule has 0 heterocycles. The molecule has 0 aromatic carbocycles. The molecule has 0 saturated heterocycles. The van der Waals surface area contributed by atoms with E-state index in [1.165, 1.54) is 96.3 Å². The monoisotopic (exact) mass is 630 g/mol. The molecule has 0 aliphatic heterocycles. The maximum absolute atomic E-state index is 6.70. The van der Waals surface area contributed by atoms with Crippen LogP contribution in [0.25, 0.3) is 0 Å². The summed E-state index contributed by atoms with van der Waals surface area (Å²) in [7, 11) is -2.76. The predicted molar refractivity (Wildman–Crippen MR) is 191 cm³/mol. The number of hydrogen-bond donors (Lipinski definition) is 0. The molecule has 260 valence electrons. The highest BCUT2D eigenvalue weighted by molar-refractivity contribution is 6.60. The summed E-state index contributed by atoms with van der Waals surface area (Å²) in [4.78, 5) is 7.29. The Morgan fingerprint density at radius 3 is 0.860 bits per heavy atom. The van der Waals surface area contributed by atoms with Gasteiger partial charge < -0.3 is 28.0 Å². The van der Waals surface area contributed by atoms with Gasteiger partial charge in [-0.25, -0.2) is 0 Å². The molecular weight excluding hydrogens is 551 g/mol.